The molecule has 100 valence electrons. The lowest BCUT2D eigenvalue weighted by molar-refractivity contribution is 0.0207. The maximum absolute atomic E-state index is 3.69. The van der Waals surface area contributed by atoms with Crippen molar-refractivity contribution in [2.75, 3.05) is 6.54 Å². The number of hydrogen-bond acceptors (Lipinski definition) is 1. The highest BCUT2D eigenvalue weighted by molar-refractivity contribution is 5.34. The molecule has 0 heterocycles. The molecule has 1 aromatic carbocycles. The molecule has 0 radical (unpaired) electrons. The van der Waals surface area contributed by atoms with Gasteiger partial charge in [-0.25, -0.2) is 0 Å². The maximum Gasteiger partial charge on any atom is 0.0135 e. The molecule has 1 aliphatic carbocycles. The zero-order valence-electron chi connectivity index (χ0n) is 12.3. The summed E-state index contributed by atoms with van der Waals surface area (Å²) in [5.41, 5.74) is 3.52. The zero-order chi connectivity index (χ0) is 13.2. The quantitative estimate of drug-likeness (QED) is 0.817. The summed E-state index contributed by atoms with van der Waals surface area (Å²) in [5, 5.41) is 3.69. The molecule has 18 heavy (non-hydrogen) atoms. The molecular formula is C17H27N. The van der Waals surface area contributed by atoms with E-state index < -0.39 is 0 Å². The molecule has 1 fully saturated rings. The third kappa shape index (κ3) is 1.99. The molecule has 1 aromatic rings. The molecule has 0 aromatic heterocycles. The van der Waals surface area contributed by atoms with Crippen LogP contribution in [0, 0.1) is 12.3 Å². The van der Waals surface area contributed by atoms with Gasteiger partial charge in [0.25, 0.3) is 0 Å². The van der Waals surface area contributed by atoms with Crippen molar-refractivity contribution in [2.45, 2.75) is 58.9 Å². The smallest absolute Gasteiger partial charge is 0.0135 e. The summed E-state index contributed by atoms with van der Waals surface area (Å²) < 4.78 is 0. The van der Waals surface area contributed by atoms with Gasteiger partial charge in [0.1, 0.15) is 0 Å². The van der Waals surface area contributed by atoms with Gasteiger partial charge in [-0.15, -0.1) is 0 Å². The van der Waals surface area contributed by atoms with Crippen LogP contribution in [-0.2, 0) is 0 Å². The summed E-state index contributed by atoms with van der Waals surface area (Å²) in [5.74, 6) is 0.748. The van der Waals surface area contributed by atoms with E-state index in [4.69, 9.17) is 0 Å². The molecule has 2 rings (SSSR count). The highest BCUT2D eigenvalue weighted by atomic mass is 15.0. The second-order valence-corrected chi connectivity index (χ2v) is 5.70. The van der Waals surface area contributed by atoms with Crippen molar-refractivity contribution in [1.82, 2.24) is 5.32 Å². The minimum Gasteiger partial charge on any atom is -0.314 e. The molecule has 1 heteroatoms. The number of rotatable bonds is 5. The van der Waals surface area contributed by atoms with Crippen LogP contribution in [0.3, 0.4) is 0 Å². The first-order chi connectivity index (χ1) is 8.69. The topological polar surface area (TPSA) is 12.0 Å². The Labute approximate surface area is 112 Å². The number of benzene rings is 1. The van der Waals surface area contributed by atoms with Gasteiger partial charge in [-0.2, -0.15) is 0 Å². The Bertz CT molecular complexity index is 392. The second-order valence-electron chi connectivity index (χ2n) is 5.70. The molecule has 1 nitrogen and oxygen atoms in total. The SMILES string of the molecule is CCNC1CC(c2ccccc2C)C1(CC)CC. The van der Waals surface area contributed by atoms with Crippen molar-refractivity contribution in [2.24, 2.45) is 5.41 Å². The van der Waals surface area contributed by atoms with Crippen LogP contribution < -0.4 is 5.32 Å². The Morgan fingerprint density at radius 2 is 1.83 bits per heavy atom. The first-order valence-corrected chi connectivity index (χ1v) is 7.48. The van der Waals surface area contributed by atoms with E-state index in [-0.39, 0.29) is 0 Å². The van der Waals surface area contributed by atoms with Crippen molar-refractivity contribution in [3.63, 3.8) is 0 Å². The fourth-order valence-electron chi connectivity index (χ4n) is 3.97. The third-order valence-electron chi connectivity index (χ3n) is 5.19. The molecule has 0 amide bonds. The Morgan fingerprint density at radius 1 is 1.17 bits per heavy atom. The van der Waals surface area contributed by atoms with E-state index in [1.54, 1.807) is 5.56 Å². The Kier molecular flexibility index (Phi) is 4.11. The fourth-order valence-corrected chi connectivity index (χ4v) is 3.97. The van der Waals surface area contributed by atoms with Crippen LogP contribution in [0.1, 0.15) is 57.1 Å². The van der Waals surface area contributed by atoms with Gasteiger partial charge in [-0.05, 0) is 55.2 Å². The van der Waals surface area contributed by atoms with Gasteiger partial charge in [0, 0.05) is 6.04 Å². The highest BCUT2D eigenvalue weighted by Crippen LogP contribution is 2.57. The second kappa shape index (κ2) is 5.44. The van der Waals surface area contributed by atoms with E-state index >= 15 is 0 Å². The van der Waals surface area contributed by atoms with Crippen molar-refractivity contribution in [3.05, 3.63) is 35.4 Å². The predicted octanol–water partition coefficient (Wildman–Crippen LogP) is 4.27. The molecule has 2 atom stereocenters. The van der Waals surface area contributed by atoms with E-state index in [1.807, 2.05) is 0 Å². The fraction of sp³-hybridized carbons (Fsp3) is 0.647. The van der Waals surface area contributed by atoms with Gasteiger partial charge in [-0.3, -0.25) is 0 Å². The van der Waals surface area contributed by atoms with E-state index in [2.05, 4.69) is 57.3 Å². The van der Waals surface area contributed by atoms with E-state index in [1.165, 1.54) is 24.8 Å². The summed E-state index contributed by atoms with van der Waals surface area (Å²) in [7, 11) is 0. The summed E-state index contributed by atoms with van der Waals surface area (Å²) in [6.07, 6.45) is 3.86. The molecule has 2 unspecified atom stereocenters. The standard InChI is InChI=1S/C17H27N/c1-5-17(6-2)15(12-16(17)18-7-3)14-11-9-8-10-13(14)4/h8-11,15-16,18H,5-7,12H2,1-4H3. The van der Waals surface area contributed by atoms with Crippen LogP contribution in [0.15, 0.2) is 24.3 Å². The molecule has 1 N–H and O–H groups in total. The minimum atomic E-state index is 0.474. The molecule has 0 spiro atoms. The van der Waals surface area contributed by atoms with Gasteiger partial charge in [0.2, 0.25) is 0 Å². The largest absolute Gasteiger partial charge is 0.314 e. The van der Waals surface area contributed by atoms with E-state index in [0.29, 0.717) is 11.5 Å². The van der Waals surface area contributed by atoms with E-state index in [9.17, 15) is 0 Å². The average Bonchev–Trinajstić information content (AvgIpc) is 2.37. The molecule has 1 aliphatic rings. The lowest BCUT2D eigenvalue weighted by atomic mass is 9.51. The molecule has 0 saturated heterocycles. The van der Waals surface area contributed by atoms with Gasteiger partial charge < -0.3 is 5.32 Å². The molecule has 1 saturated carbocycles. The van der Waals surface area contributed by atoms with Crippen molar-refractivity contribution in [3.8, 4) is 0 Å². The van der Waals surface area contributed by atoms with E-state index in [0.717, 1.165) is 12.5 Å². The van der Waals surface area contributed by atoms with Crippen molar-refractivity contribution < 1.29 is 0 Å². The summed E-state index contributed by atoms with van der Waals surface area (Å²) >= 11 is 0. The lowest BCUT2D eigenvalue weighted by Crippen LogP contribution is -2.58. The first kappa shape index (κ1) is 13.6. The molecule has 0 aliphatic heterocycles. The Morgan fingerprint density at radius 3 is 2.39 bits per heavy atom. The summed E-state index contributed by atoms with van der Waals surface area (Å²) in [6, 6.07) is 9.65. The minimum absolute atomic E-state index is 0.474. The average molecular weight is 245 g/mol. The monoisotopic (exact) mass is 245 g/mol. The number of aryl methyl sites for hydroxylation is 1. The first-order valence-electron chi connectivity index (χ1n) is 7.48. The molecular weight excluding hydrogens is 218 g/mol. The Balaban J connectivity index is 2.28. The third-order valence-corrected chi connectivity index (χ3v) is 5.19. The van der Waals surface area contributed by atoms with Crippen LogP contribution in [0.2, 0.25) is 0 Å². The predicted molar refractivity (Wildman–Crippen MR) is 79.0 cm³/mol. The highest BCUT2D eigenvalue weighted by Gasteiger charge is 2.52. The van der Waals surface area contributed by atoms with Gasteiger partial charge >= 0.3 is 0 Å². The van der Waals surface area contributed by atoms with Gasteiger partial charge in [0.15, 0.2) is 0 Å². The maximum atomic E-state index is 3.69. The summed E-state index contributed by atoms with van der Waals surface area (Å²) in [4.78, 5) is 0. The van der Waals surface area contributed by atoms with Crippen LogP contribution in [0.4, 0.5) is 0 Å². The van der Waals surface area contributed by atoms with Crippen molar-refractivity contribution >= 4 is 0 Å². The zero-order valence-corrected chi connectivity index (χ0v) is 12.3. The normalized spacial score (nSPS) is 25.8. The van der Waals surface area contributed by atoms with Crippen LogP contribution >= 0.6 is 0 Å². The van der Waals surface area contributed by atoms with Crippen LogP contribution in [0.25, 0.3) is 0 Å². The van der Waals surface area contributed by atoms with Gasteiger partial charge in [-0.1, -0.05) is 45.0 Å². The summed E-state index contributed by atoms with van der Waals surface area (Å²) in [6.45, 7) is 10.3. The van der Waals surface area contributed by atoms with Crippen LogP contribution in [-0.4, -0.2) is 12.6 Å². The van der Waals surface area contributed by atoms with Crippen molar-refractivity contribution in [1.29, 1.82) is 0 Å². The van der Waals surface area contributed by atoms with Crippen LogP contribution in [0.5, 0.6) is 0 Å². The molecule has 0 bridgehead atoms. The number of nitrogens with one attached hydrogen (secondary N) is 1. The number of hydrogen-bond donors (Lipinski definition) is 1. The Hall–Kier alpha value is -0.820. The lowest BCUT2D eigenvalue weighted by Gasteiger charge is -2.57. The van der Waals surface area contributed by atoms with Gasteiger partial charge in [0.05, 0.1) is 0 Å².